The number of halogens is 1. The first-order chi connectivity index (χ1) is 37.1. The Balaban J connectivity index is 1.31. The highest BCUT2D eigenvalue weighted by molar-refractivity contribution is 6.35. The lowest BCUT2D eigenvalue weighted by Crippen LogP contribution is -2.72. The van der Waals surface area contributed by atoms with Gasteiger partial charge in [0.15, 0.2) is 5.72 Å². The number of likely N-dealkylation sites (tertiary alicyclic amines) is 1. The zero-order valence-corrected chi connectivity index (χ0v) is 47.8. The number of nitrogens with zero attached hydrogens (tertiary/aromatic N) is 3. The molecule has 1 aromatic rings. The van der Waals surface area contributed by atoms with Crippen LogP contribution in [-0.2, 0) is 54.1 Å². The van der Waals surface area contributed by atoms with Gasteiger partial charge in [0.2, 0.25) is 29.5 Å². The van der Waals surface area contributed by atoms with Crippen LogP contribution >= 0.6 is 11.6 Å². The number of hydrogen-bond acceptors (Lipinski definition) is 15. The quantitative estimate of drug-likeness (QED) is 0.0525. The van der Waals surface area contributed by atoms with E-state index < -0.39 is 108 Å². The summed E-state index contributed by atoms with van der Waals surface area (Å²) >= 11 is 6.83. The SMILES string of the molecule is COc1cc2cc(c1Cl)N(C)C(=O)CC(OC(=O)[C@H](C)N(C)C(=O)N[C@H](C(=O)N[C@@H](CCCNC(N)=O)C(=O)NCCCCCCN1C(=O)CCC1=O)C(C)C)C1(C)CC(C)(O1)C1CC(O)(NC(=O)O1)C(OC)/C=C/C=C(\C)C2. The molecular weight excluding hydrogens is 1050 g/mol. The summed E-state index contributed by atoms with van der Waals surface area (Å²) in [6.45, 7) is 10.7. The number of rotatable bonds is 21. The summed E-state index contributed by atoms with van der Waals surface area (Å²) in [5.41, 5.74) is 2.51. The van der Waals surface area contributed by atoms with Crippen LogP contribution in [0, 0.1) is 5.92 Å². The molecule has 10 amide bonds. The van der Waals surface area contributed by atoms with Crippen LogP contribution in [-0.4, -0.2) is 170 Å². The third-order valence-electron chi connectivity index (χ3n) is 15.0. The molecule has 438 valence electrons. The number of likely N-dealkylation sites (N-methyl/N-ethyl adjacent to an activating group) is 1. The molecule has 3 saturated heterocycles. The normalized spacial score (nSPS) is 26.5. The van der Waals surface area contributed by atoms with Crippen molar-refractivity contribution in [1.29, 1.82) is 0 Å². The lowest BCUT2D eigenvalue weighted by Gasteiger charge is -2.59. The number of methoxy groups -OCH3 is 2. The van der Waals surface area contributed by atoms with Crippen LogP contribution in [0.5, 0.6) is 5.75 Å². The van der Waals surface area contributed by atoms with E-state index in [2.05, 4.69) is 26.6 Å². The Kier molecular flexibility index (Phi) is 22.1. The third-order valence-corrected chi connectivity index (χ3v) is 15.3. The van der Waals surface area contributed by atoms with Gasteiger partial charge in [-0.3, -0.25) is 34.2 Å². The lowest BCUT2D eigenvalue weighted by molar-refractivity contribution is -0.328. The number of carbonyl (C=O) groups excluding carboxylic acids is 9. The van der Waals surface area contributed by atoms with Crippen molar-refractivity contribution in [3.8, 4) is 5.75 Å². The molecule has 9 atom stereocenters. The van der Waals surface area contributed by atoms with E-state index in [0.29, 0.717) is 43.7 Å². The molecule has 5 aliphatic rings. The minimum Gasteiger partial charge on any atom is -0.495 e. The van der Waals surface area contributed by atoms with Crippen molar-refractivity contribution in [1.82, 2.24) is 36.4 Å². The Morgan fingerprint density at radius 1 is 0.937 bits per heavy atom. The molecule has 6 bridgehead atoms. The standard InChI is InChI=1S/C54H80ClN9O15/c1-31(2)45(47(69)59-35(18-16-23-58-49(56)71)46(68)57-22-13-11-12-14-24-64-41(65)20-21-42(64)66)60-50(72)62(7)33(4)48(70)77-39-28-43(67)63(8)36-26-34(27-37(75-9)44(36)55)25-32(3)17-15-19-38(76-10)54(74)29-40(78-51(73)61-54)53(6)30-52(39,5)79-53/h15,17,19,26-27,31,33,35,38-40,45,74H,11-14,16,18,20-25,28-30H2,1-10H3,(H,57,68)(H,59,69)(H,60,72)(H,61,73)(H3,56,58,71)/b19-15+,32-17+/t33-,35-,38?,39?,40?,45-,52?,53?,54?/m0/s1. The van der Waals surface area contributed by atoms with Gasteiger partial charge in [0.1, 0.15) is 58.4 Å². The zero-order valence-electron chi connectivity index (χ0n) is 47.0. The summed E-state index contributed by atoms with van der Waals surface area (Å²) in [5, 5.41) is 25.3. The van der Waals surface area contributed by atoms with E-state index in [-0.39, 0.29) is 68.5 Å². The molecule has 25 heteroatoms. The average molecular weight is 1130 g/mol. The number of esters is 1. The van der Waals surface area contributed by atoms with Crippen molar-refractivity contribution in [2.75, 3.05) is 52.8 Å². The molecule has 0 spiro atoms. The molecule has 79 heavy (non-hydrogen) atoms. The van der Waals surface area contributed by atoms with Crippen LogP contribution in [0.4, 0.5) is 20.1 Å². The molecule has 5 aliphatic heterocycles. The Labute approximate surface area is 466 Å². The minimum absolute atomic E-state index is 0.0477. The number of nitrogens with two attached hydrogens (primary N) is 1. The highest BCUT2D eigenvalue weighted by Crippen LogP contribution is 2.50. The molecule has 5 heterocycles. The third kappa shape index (κ3) is 16.3. The van der Waals surface area contributed by atoms with E-state index in [1.165, 1.54) is 45.0 Å². The van der Waals surface area contributed by atoms with Crippen molar-refractivity contribution in [3.05, 3.63) is 46.5 Å². The molecule has 24 nitrogen and oxygen atoms in total. The van der Waals surface area contributed by atoms with Crippen molar-refractivity contribution in [2.24, 2.45) is 11.7 Å². The number of amides is 10. The second-order valence-corrected chi connectivity index (χ2v) is 22.0. The van der Waals surface area contributed by atoms with Crippen molar-refractivity contribution >= 4 is 70.9 Å². The molecule has 0 aromatic heterocycles. The fourth-order valence-corrected chi connectivity index (χ4v) is 10.6. The monoisotopic (exact) mass is 1130 g/mol. The smallest absolute Gasteiger partial charge is 0.409 e. The summed E-state index contributed by atoms with van der Waals surface area (Å²) < 4.78 is 29.8. The Morgan fingerprint density at radius 2 is 1.59 bits per heavy atom. The maximum absolute atomic E-state index is 14.5. The van der Waals surface area contributed by atoms with Crippen molar-refractivity contribution in [3.63, 3.8) is 0 Å². The average Bonchev–Trinajstić information content (AvgIpc) is 3.72. The minimum atomic E-state index is -1.95. The van der Waals surface area contributed by atoms with Gasteiger partial charge in [0.25, 0.3) is 0 Å². The van der Waals surface area contributed by atoms with E-state index >= 15 is 0 Å². The fraction of sp³-hybridized carbons (Fsp3) is 0.648. The molecule has 0 aliphatic carbocycles. The number of ether oxygens (including phenoxy) is 5. The predicted octanol–water partition coefficient (Wildman–Crippen LogP) is 3.63. The van der Waals surface area contributed by atoms with E-state index in [0.717, 1.165) is 22.5 Å². The molecule has 0 radical (unpaired) electrons. The molecular formula is C54H80ClN9O15. The highest BCUT2D eigenvalue weighted by atomic mass is 35.5. The predicted molar refractivity (Wildman–Crippen MR) is 289 cm³/mol. The van der Waals surface area contributed by atoms with Crippen LogP contribution in [0.3, 0.4) is 0 Å². The van der Waals surface area contributed by atoms with Gasteiger partial charge in [-0.15, -0.1) is 0 Å². The first kappa shape index (κ1) is 63.3. The first-order valence-electron chi connectivity index (χ1n) is 26.7. The fourth-order valence-electron chi connectivity index (χ4n) is 10.2. The van der Waals surface area contributed by atoms with Crippen LogP contribution in [0.25, 0.3) is 0 Å². The van der Waals surface area contributed by atoms with Crippen LogP contribution < -0.4 is 42.0 Å². The van der Waals surface area contributed by atoms with Gasteiger partial charge in [0.05, 0.1) is 19.2 Å². The van der Waals surface area contributed by atoms with Crippen molar-refractivity contribution < 1.29 is 71.9 Å². The largest absolute Gasteiger partial charge is 0.495 e. The van der Waals surface area contributed by atoms with Crippen LogP contribution in [0.15, 0.2) is 35.9 Å². The summed E-state index contributed by atoms with van der Waals surface area (Å²) in [6, 6.07) is -1.75. The van der Waals surface area contributed by atoms with Gasteiger partial charge < -0.3 is 65.6 Å². The summed E-state index contributed by atoms with van der Waals surface area (Å²) in [4.78, 5) is 122. The number of anilines is 1. The highest BCUT2D eigenvalue weighted by Gasteiger charge is 2.63. The molecule has 1 aromatic carbocycles. The second kappa shape index (κ2) is 27.6. The number of unbranched alkanes of at least 4 members (excludes halogenated alkanes) is 3. The van der Waals surface area contributed by atoms with Gasteiger partial charge in [-0.25, -0.2) is 19.2 Å². The maximum atomic E-state index is 14.5. The molecule has 6 unspecified atom stereocenters. The zero-order chi connectivity index (χ0) is 58.6. The van der Waals surface area contributed by atoms with Crippen LogP contribution in [0.1, 0.15) is 118 Å². The van der Waals surface area contributed by atoms with E-state index in [1.807, 2.05) is 13.0 Å². The summed E-state index contributed by atoms with van der Waals surface area (Å²) in [5.74, 6) is -3.25. The Morgan fingerprint density at radius 3 is 2.23 bits per heavy atom. The Bertz CT molecular complexity index is 2490. The molecule has 0 saturated carbocycles. The van der Waals surface area contributed by atoms with Crippen molar-refractivity contribution in [2.45, 2.75) is 172 Å². The summed E-state index contributed by atoms with van der Waals surface area (Å²) in [6.07, 6.45) is 4.04. The topological polar surface area (TPSA) is 316 Å². The van der Waals surface area contributed by atoms with E-state index in [1.54, 1.807) is 52.0 Å². The number of hydrogen-bond donors (Lipinski definition) is 7. The molecule has 3 fully saturated rings. The number of benzene rings is 1. The number of primary amides is 1. The van der Waals surface area contributed by atoms with E-state index in [9.17, 15) is 48.3 Å². The van der Waals surface area contributed by atoms with E-state index in [4.69, 9.17) is 41.0 Å². The second-order valence-electron chi connectivity index (χ2n) is 21.6. The van der Waals surface area contributed by atoms with Gasteiger partial charge in [0, 0.05) is 66.5 Å². The molecule has 8 N–H and O–H groups in total. The number of alkyl carbamates (subject to hydrolysis) is 1. The number of allylic oxidation sites excluding steroid dienone is 3. The van der Waals surface area contributed by atoms with Crippen LogP contribution in [0.2, 0.25) is 5.02 Å². The maximum Gasteiger partial charge on any atom is 0.409 e. The Hall–Kier alpha value is -6.50. The van der Waals surface area contributed by atoms with Gasteiger partial charge in [-0.05, 0) is 83.4 Å². The number of aliphatic hydroxyl groups is 1. The van der Waals surface area contributed by atoms with Gasteiger partial charge in [-0.1, -0.05) is 62.1 Å². The van der Waals surface area contributed by atoms with Gasteiger partial charge >= 0.3 is 24.1 Å². The number of carbonyl (C=O) groups is 9. The number of fused-ring (bicyclic) bond motifs is 6. The first-order valence-corrected chi connectivity index (χ1v) is 27.1. The number of urea groups is 2. The summed E-state index contributed by atoms with van der Waals surface area (Å²) in [7, 11) is 5.68. The number of nitrogens with one attached hydrogen (secondary N) is 5. The number of imide groups is 1. The lowest BCUT2D eigenvalue weighted by atomic mass is 9.72. The van der Waals surface area contributed by atoms with Gasteiger partial charge in [-0.2, -0.15) is 0 Å². The molecule has 6 rings (SSSR count).